The average Bonchev–Trinajstić information content (AvgIpc) is 2.70. The van der Waals surface area contributed by atoms with Crippen LogP contribution >= 0.6 is 0 Å². The monoisotopic (exact) mass is 369 g/mol. The average molecular weight is 370 g/mol. The highest BCUT2D eigenvalue weighted by atomic mass is 16.2. The van der Waals surface area contributed by atoms with Gasteiger partial charge in [-0.05, 0) is 62.6 Å². The highest BCUT2D eigenvalue weighted by molar-refractivity contribution is 5.79. The summed E-state index contributed by atoms with van der Waals surface area (Å²) >= 11 is 0. The Morgan fingerprint density at radius 2 is 1.70 bits per heavy atom. The first-order valence-electron chi connectivity index (χ1n) is 11.0. The van der Waals surface area contributed by atoms with Crippen LogP contribution in [-0.2, 0) is 4.79 Å². The maximum atomic E-state index is 13.0. The third-order valence-electron chi connectivity index (χ3n) is 7.21. The fraction of sp³-hybridized carbons (Fsp3) is 0.696. The molecule has 0 spiro atoms. The predicted molar refractivity (Wildman–Crippen MR) is 111 cm³/mol. The van der Waals surface area contributed by atoms with Gasteiger partial charge in [0.1, 0.15) is 0 Å². The van der Waals surface area contributed by atoms with Crippen molar-refractivity contribution in [2.45, 2.75) is 58.4 Å². The van der Waals surface area contributed by atoms with Crippen molar-refractivity contribution in [3.8, 4) is 0 Å². The maximum Gasteiger partial charge on any atom is 0.237 e. The molecule has 2 aliphatic heterocycles. The Balaban J connectivity index is 1.32. The van der Waals surface area contributed by atoms with Crippen molar-refractivity contribution in [1.29, 1.82) is 0 Å². The molecule has 1 aromatic carbocycles. The van der Waals surface area contributed by atoms with E-state index in [1.165, 1.54) is 55.3 Å². The number of nitrogens with zero attached hydrogens (tertiary/aromatic N) is 3. The van der Waals surface area contributed by atoms with Crippen molar-refractivity contribution in [2.24, 2.45) is 5.92 Å². The first-order valence-corrected chi connectivity index (χ1v) is 11.0. The number of carbonyl (C=O) groups is 1. The topological polar surface area (TPSA) is 26.8 Å². The Labute approximate surface area is 164 Å². The van der Waals surface area contributed by atoms with Gasteiger partial charge in [-0.3, -0.25) is 9.69 Å². The lowest BCUT2D eigenvalue weighted by Crippen LogP contribution is -2.54. The van der Waals surface area contributed by atoms with Gasteiger partial charge in [0.05, 0.1) is 6.54 Å². The number of piperidine rings is 1. The molecule has 3 fully saturated rings. The summed E-state index contributed by atoms with van der Waals surface area (Å²) in [7, 11) is 0. The van der Waals surface area contributed by atoms with Gasteiger partial charge in [-0.25, -0.2) is 0 Å². The lowest BCUT2D eigenvalue weighted by Gasteiger charge is -2.45. The molecule has 1 aromatic rings. The van der Waals surface area contributed by atoms with E-state index in [1.807, 2.05) is 0 Å². The second-order valence-corrected chi connectivity index (χ2v) is 8.82. The molecule has 4 heteroatoms. The first-order chi connectivity index (χ1) is 13.1. The third kappa shape index (κ3) is 4.01. The number of rotatable bonds is 3. The number of anilines is 1. The van der Waals surface area contributed by atoms with Gasteiger partial charge in [0.15, 0.2) is 0 Å². The van der Waals surface area contributed by atoms with Gasteiger partial charge in [-0.2, -0.15) is 0 Å². The molecule has 4 nitrogen and oxygen atoms in total. The zero-order chi connectivity index (χ0) is 18.8. The third-order valence-corrected chi connectivity index (χ3v) is 7.21. The van der Waals surface area contributed by atoms with Crippen molar-refractivity contribution in [3.05, 3.63) is 29.3 Å². The molecule has 2 saturated heterocycles. The fourth-order valence-electron chi connectivity index (χ4n) is 5.44. The molecule has 0 bridgehead atoms. The largest absolute Gasteiger partial charge is 0.369 e. The van der Waals surface area contributed by atoms with Gasteiger partial charge in [0.25, 0.3) is 0 Å². The van der Waals surface area contributed by atoms with E-state index in [4.69, 9.17) is 0 Å². The van der Waals surface area contributed by atoms with Crippen LogP contribution in [0.3, 0.4) is 0 Å². The zero-order valence-electron chi connectivity index (χ0n) is 17.1. The van der Waals surface area contributed by atoms with E-state index >= 15 is 0 Å². The van der Waals surface area contributed by atoms with E-state index in [9.17, 15) is 4.79 Å². The number of hydrogen-bond acceptors (Lipinski definition) is 3. The van der Waals surface area contributed by atoms with Gasteiger partial charge in [0.2, 0.25) is 5.91 Å². The van der Waals surface area contributed by atoms with Crippen molar-refractivity contribution < 1.29 is 4.79 Å². The van der Waals surface area contributed by atoms with Crippen molar-refractivity contribution in [3.63, 3.8) is 0 Å². The van der Waals surface area contributed by atoms with Gasteiger partial charge in [0, 0.05) is 44.5 Å². The number of aryl methyl sites for hydroxylation is 1. The van der Waals surface area contributed by atoms with Crippen LogP contribution in [0.2, 0.25) is 0 Å². The molecular formula is C23H35N3O. The summed E-state index contributed by atoms with van der Waals surface area (Å²) in [5.41, 5.74) is 4.11. The summed E-state index contributed by atoms with van der Waals surface area (Å²) in [5.74, 6) is 1.16. The number of likely N-dealkylation sites (tertiary alicyclic amines) is 1. The summed E-state index contributed by atoms with van der Waals surface area (Å²) < 4.78 is 0. The van der Waals surface area contributed by atoms with Crippen molar-refractivity contribution in [2.75, 3.05) is 44.2 Å². The second kappa shape index (κ2) is 8.22. The molecule has 2 atom stereocenters. The van der Waals surface area contributed by atoms with Gasteiger partial charge >= 0.3 is 0 Å². The molecule has 0 N–H and O–H groups in total. The van der Waals surface area contributed by atoms with Crippen LogP contribution in [0.15, 0.2) is 18.2 Å². The quantitative estimate of drug-likeness (QED) is 0.814. The lowest BCUT2D eigenvalue weighted by atomic mass is 9.78. The predicted octanol–water partition coefficient (Wildman–Crippen LogP) is 3.61. The molecule has 0 unspecified atom stereocenters. The lowest BCUT2D eigenvalue weighted by molar-refractivity contribution is -0.138. The number of hydrogen-bond donors (Lipinski definition) is 0. The van der Waals surface area contributed by atoms with E-state index in [0.717, 1.165) is 38.6 Å². The second-order valence-electron chi connectivity index (χ2n) is 8.82. The van der Waals surface area contributed by atoms with Crippen LogP contribution in [0.25, 0.3) is 0 Å². The molecule has 4 rings (SSSR count). The molecule has 0 aromatic heterocycles. The summed E-state index contributed by atoms with van der Waals surface area (Å²) in [6, 6.07) is 7.12. The number of carbonyl (C=O) groups excluding carboxylic acids is 1. The van der Waals surface area contributed by atoms with Crippen LogP contribution in [-0.4, -0.2) is 61.0 Å². The van der Waals surface area contributed by atoms with Crippen LogP contribution in [0, 0.1) is 19.8 Å². The van der Waals surface area contributed by atoms with E-state index in [-0.39, 0.29) is 0 Å². The van der Waals surface area contributed by atoms with Crippen molar-refractivity contribution >= 4 is 11.6 Å². The molecule has 27 heavy (non-hydrogen) atoms. The van der Waals surface area contributed by atoms with E-state index in [0.29, 0.717) is 18.5 Å². The smallest absolute Gasteiger partial charge is 0.237 e. The van der Waals surface area contributed by atoms with Crippen molar-refractivity contribution in [1.82, 2.24) is 9.80 Å². The number of amides is 1. The summed E-state index contributed by atoms with van der Waals surface area (Å²) in [4.78, 5) is 20.2. The zero-order valence-corrected chi connectivity index (χ0v) is 17.1. The summed E-state index contributed by atoms with van der Waals surface area (Å²) in [5, 5.41) is 0. The van der Waals surface area contributed by atoms with E-state index in [1.54, 1.807) is 0 Å². The van der Waals surface area contributed by atoms with E-state index in [2.05, 4.69) is 46.7 Å². The van der Waals surface area contributed by atoms with E-state index < -0.39 is 0 Å². The normalized spacial score (nSPS) is 26.7. The molecule has 0 radical (unpaired) electrons. The SMILES string of the molecule is Cc1cccc(N2CCN(CC(=O)N3CCC[C@H]4CCCC[C@H]43)CC2)c1C. The first kappa shape index (κ1) is 18.8. The molecular weight excluding hydrogens is 334 g/mol. The summed E-state index contributed by atoms with van der Waals surface area (Å²) in [6.45, 7) is 10.0. The highest BCUT2D eigenvalue weighted by Crippen LogP contribution is 2.35. The fourth-order valence-corrected chi connectivity index (χ4v) is 5.44. The number of fused-ring (bicyclic) bond motifs is 1. The molecule has 3 aliphatic rings. The van der Waals surface area contributed by atoms with Crippen LogP contribution < -0.4 is 4.90 Å². The maximum absolute atomic E-state index is 13.0. The van der Waals surface area contributed by atoms with Gasteiger partial charge in [-0.1, -0.05) is 25.0 Å². The molecule has 1 amide bonds. The molecule has 1 saturated carbocycles. The number of piperazine rings is 1. The Bertz CT molecular complexity index is 664. The van der Waals surface area contributed by atoms with Gasteiger partial charge < -0.3 is 9.80 Å². The minimum Gasteiger partial charge on any atom is -0.369 e. The Morgan fingerprint density at radius 3 is 2.52 bits per heavy atom. The van der Waals surface area contributed by atoms with Crippen LogP contribution in [0.1, 0.15) is 49.7 Å². The molecule has 2 heterocycles. The minimum atomic E-state index is 0.381. The van der Waals surface area contributed by atoms with Crippen LogP contribution in [0.4, 0.5) is 5.69 Å². The Hall–Kier alpha value is -1.55. The molecule has 148 valence electrons. The Kier molecular flexibility index (Phi) is 5.72. The van der Waals surface area contributed by atoms with Gasteiger partial charge in [-0.15, -0.1) is 0 Å². The number of benzene rings is 1. The Morgan fingerprint density at radius 1 is 0.963 bits per heavy atom. The van der Waals surface area contributed by atoms with Crippen LogP contribution in [0.5, 0.6) is 0 Å². The standard InChI is InChI=1S/C23H35N3O/c1-18-7-5-11-21(19(18)2)25-15-13-24(14-16-25)17-23(27)26-12-6-9-20-8-3-4-10-22(20)26/h5,7,11,20,22H,3-4,6,8-10,12-17H2,1-2H3/t20-,22-/m1/s1. The minimum absolute atomic E-state index is 0.381. The molecule has 1 aliphatic carbocycles. The summed E-state index contributed by atoms with van der Waals surface area (Å²) in [6.07, 6.45) is 7.78. The highest BCUT2D eigenvalue weighted by Gasteiger charge is 2.36.